The number of hydrogen-bond acceptors (Lipinski definition) is 4. The summed E-state index contributed by atoms with van der Waals surface area (Å²) in [5, 5.41) is 0.514. The van der Waals surface area contributed by atoms with Gasteiger partial charge in [-0.25, -0.2) is 4.98 Å². The van der Waals surface area contributed by atoms with Crippen LogP contribution in [0.1, 0.15) is 5.89 Å². The van der Waals surface area contributed by atoms with Crippen LogP contribution in [0.25, 0.3) is 11.1 Å². The summed E-state index contributed by atoms with van der Waals surface area (Å²) >= 11 is 5.91. The number of oxazole rings is 1. The Balaban J connectivity index is 2.29. The van der Waals surface area contributed by atoms with E-state index in [-0.39, 0.29) is 0 Å². The summed E-state index contributed by atoms with van der Waals surface area (Å²) in [4.78, 5) is 6.43. The van der Waals surface area contributed by atoms with E-state index in [1.165, 1.54) is 0 Å². The first-order chi connectivity index (χ1) is 7.56. The third kappa shape index (κ3) is 2.28. The maximum Gasteiger partial charge on any atom is 0.196 e. The standard InChI is InChI=1S/C11H14ClN3O/c1-15(2)4-3-11-14-9-5-7(12)8(13)6-10(9)16-11/h5-6H,3-4,13H2,1-2H3. The normalized spacial score (nSPS) is 11.5. The first kappa shape index (κ1) is 11.2. The molecule has 0 amide bonds. The molecule has 0 radical (unpaired) electrons. The number of halogens is 1. The second-order valence-corrected chi connectivity index (χ2v) is 4.41. The molecule has 2 rings (SSSR count). The number of anilines is 1. The second-order valence-electron chi connectivity index (χ2n) is 4.00. The predicted octanol–water partition coefficient (Wildman–Crippen LogP) is 2.17. The van der Waals surface area contributed by atoms with Gasteiger partial charge in [0.25, 0.3) is 0 Å². The van der Waals surface area contributed by atoms with E-state index >= 15 is 0 Å². The number of hydrogen-bond donors (Lipinski definition) is 1. The molecule has 0 unspecified atom stereocenters. The van der Waals surface area contributed by atoms with Crippen molar-refractivity contribution in [3.05, 3.63) is 23.0 Å². The van der Waals surface area contributed by atoms with Crippen molar-refractivity contribution in [3.8, 4) is 0 Å². The summed E-state index contributed by atoms with van der Waals surface area (Å²) in [6, 6.07) is 3.44. The van der Waals surface area contributed by atoms with Crippen molar-refractivity contribution in [2.45, 2.75) is 6.42 Å². The molecule has 0 spiro atoms. The lowest BCUT2D eigenvalue weighted by Crippen LogP contribution is -2.15. The van der Waals surface area contributed by atoms with Gasteiger partial charge in [-0.1, -0.05) is 11.6 Å². The van der Waals surface area contributed by atoms with Crippen molar-refractivity contribution >= 4 is 28.4 Å². The molecule has 1 aromatic heterocycles. The van der Waals surface area contributed by atoms with E-state index < -0.39 is 0 Å². The van der Waals surface area contributed by atoms with Gasteiger partial charge >= 0.3 is 0 Å². The van der Waals surface area contributed by atoms with Crippen molar-refractivity contribution < 1.29 is 4.42 Å². The van der Waals surface area contributed by atoms with Gasteiger partial charge in [0.1, 0.15) is 5.52 Å². The highest BCUT2D eigenvalue weighted by Crippen LogP contribution is 2.26. The smallest absolute Gasteiger partial charge is 0.196 e. The van der Waals surface area contributed by atoms with Crippen LogP contribution < -0.4 is 5.73 Å². The highest BCUT2D eigenvalue weighted by atomic mass is 35.5. The van der Waals surface area contributed by atoms with Gasteiger partial charge in [0, 0.05) is 19.0 Å². The van der Waals surface area contributed by atoms with Crippen LogP contribution in [-0.2, 0) is 6.42 Å². The van der Waals surface area contributed by atoms with E-state index in [9.17, 15) is 0 Å². The molecule has 1 aromatic carbocycles. The quantitative estimate of drug-likeness (QED) is 0.834. The van der Waals surface area contributed by atoms with E-state index in [4.69, 9.17) is 21.8 Å². The van der Waals surface area contributed by atoms with Crippen molar-refractivity contribution in [1.29, 1.82) is 0 Å². The fourth-order valence-corrected chi connectivity index (χ4v) is 1.60. The minimum Gasteiger partial charge on any atom is -0.441 e. The van der Waals surface area contributed by atoms with Gasteiger partial charge in [0.05, 0.1) is 10.7 Å². The number of nitrogens with two attached hydrogens (primary N) is 1. The van der Waals surface area contributed by atoms with E-state index in [1.54, 1.807) is 12.1 Å². The monoisotopic (exact) mass is 239 g/mol. The van der Waals surface area contributed by atoms with Crippen LogP contribution in [0, 0.1) is 0 Å². The molecule has 4 nitrogen and oxygen atoms in total. The molecule has 0 saturated heterocycles. The number of nitrogen functional groups attached to an aromatic ring is 1. The van der Waals surface area contributed by atoms with Gasteiger partial charge in [0.15, 0.2) is 11.5 Å². The Morgan fingerprint density at radius 2 is 2.19 bits per heavy atom. The van der Waals surface area contributed by atoms with E-state index in [1.807, 2.05) is 14.1 Å². The van der Waals surface area contributed by atoms with Gasteiger partial charge in [0.2, 0.25) is 0 Å². The van der Waals surface area contributed by atoms with Crippen molar-refractivity contribution in [3.63, 3.8) is 0 Å². The van der Waals surface area contributed by atoms with Crippen molar-refractivity contribution in [2.75, 3.05) is 26.4 Å². The van der Waals surface area contributed by atoms with Crippen molar-refractivity contribution in [1.82, 2.24) is 9.88 Å². The van der Waals surface area contributed by atoms with Crippen LogP contribution in [0.15, 0.2) is 16.5 Å². The molecule has 0 atom stereocenters. The Hall–Kier alpha value is -1.26. The van der Waals surface area contributed by atoms with Crippen LogP contribution >= 0.6 is 11.6 Å². The highest BCUT2D eigenvalue weighted by Gasteiger charge is 2.08. The number of rotatable bonds is 3. The van der Waals surface area contributed by atoms with Crippen LogP contribution in [0.2, 0.25) is 5.02 Å². The van der Waals surface area contributed by atoms with Gasteiger partial charge in [-0.15, -0.1) is 0 Å². The summed E-state index contributed by atoms with van der Waals surface area (Å²) in [7, 11) is 4.02. The number of fused-ring (bicyclic) bond motifs is 1. The Bertz CT molecular complexity index is 468. The third-order valence-electron chi connectivity index (χ3n) is 2.32. The van der Waals surface area contributed by atoms with Gasteiger partial charge in [-0.05, 0) is 20.2 Å². The average molecular weight is 240 g/mol. The summed E-state index contributed by atoms with van der Waals surface area (Å²) in [5.74, 6) is 0.713. The number of benzene rings is 1. The second kappa shape index (κ2) is 4.31. The molecule has 5 heteroatoms. The molecule has 0 saturated carbocycles. The zero-order chi connectivity index (χ0) is 11.7. The maximum absolute atomic E-state index is 5.91. The molecular formula is C11H14ClN3O. The van der Waals surface area contributed by atoms with Gasteiger partial charge < -0.3 is 15.1 Å². The first-order valence-electron chi connectivity index (χ1n) is 5.05. The Morgan fingerprint density at radius 1 is 1.44 bits per heavy atom. The topological polar surface area (TPSA) is 55.3 Å². The summed E-state index contributed by atoms with van der Waals surface area (Å²) in [6.45, 7) is 0.899. The molecule has 86 valence electrons. The molecule has 0 aliphatic heterocycles. The molecule has 0 aliphatic rings. The number of likely N-dealkylation sites (N-methyl/N-ethyl adjacent to an activating group) is 1. The largest absolute Gasteiger partial charge is 0.441 e. The Kier molecular flexibility index (Phi) is 3.03. The minimum atomic E-state index is 0.514. The zero-order valence-electron chi connectivity index (χ0n) is 9.33. The maximum atomic E-state index is 5.91. The number of nitrogens with zero attached hydrogens (tertiary/aromatic N) is 2. The van der Waals surface area contributed by atoms with Crippen LogP contribution in [0.4, 0.5) is 5.69 Å². The number of aromatic nitrogens is 1. The SMILES string of the molecule is CN(C)CCc1nc2cc(Cl)c(N)cc2o1. The predicted molar refractivity (Wildman–Crippen MR) is 65.7 cm³/mol. The summed E-state index contributed by atoms with van der Waals surface area (Å²) in [6.07, 6.45) is 0.777. The van der Waals surface area contributed by atoms with Crippen molar-refractivity contribution in [2.24, 2.45) is 0 Å². The van der Waals surface area contributed by atoms with Crippen LogP contribution in [0.5, 0.6) is 0 Å². The first-order valence-corrected chi connectivity index (χ1v) is 5.43. The summed E-state index contributed by atoms with van der Waals surface area (Å²) in [5.41, 5.74) is 7.66. The molecule has 16 heavy (non-hydrogen) atoms. The summed E-state index contributed by atoms with van der Waals surface area (Å²) < 4.78 is 5.58. The minimum absolute atomic E-state index is 0.514. The average Bonchev–Trinajstić information content (AvgIpc) is 2.58. The fraction of sp³-hybridized carbons (Fsp3) is 0.364. The van der Waals surface area contributed by atoms with E-state index in [0.29, 0.717) is 22.2 Å². The molecule has 2 N–H and O–H groups in total. The molecular weight excluding hydrogens is 226 g/mol. The Labute approximate surface area is 99.0 Å². The fourth-order valence-electron chi connectivity index (χ4n) is 1.44. The molecule has 2 aromatic rings. The van der Waals surface area contributed by atoms with Crippen LogP contribution in [-0.4, -0.2) is 30.5 Å². The highest BCUT2D eigenvalue weighted by molar-refractivity contribution is 6.33. The van der Waals surface area contributed by atoms with Crippen LogP contribution in [0.3, 0.4) is 0 Å². The molecule has 0 bridgehead atoms. The lowest BCUT2D eigenvalue weighted by molar-refractivity contribution is 0.390. The van der Waals surface area contributed by atoms with Gasteiger partial charge in [-0.3, -0.25) is 0 Å². The molecule has 0 fully saturated rings. The molecule has 0 aliphatic carbocycles. The molecule has 1 heterocycles. The third-order valence-corrected chi connectivity index (χ3v) is 2.65. The van der Waals surface area contributed by atoms with Gasteiger partial charge in [-0.2, -0.15) is 0 Å². The lowest BCUT2D eigenvalue weighted by atomic mass is 10.3. The lowest BCUT2D eigenvalue weighted by Gasteiger charge is -2.05. The van der Waals surface area contributed by atoms with E-state index in [2.05, 4.69) is 9.88 Å². The Morgan fingerprint density at radius 3 is 2.88 bits per heavy atom. The zero-order valence-corrected chi connectivity index (χ0v) is 10.1. The van der Waals surface area contributed by atoms with E-state index in [0.717, 1.165) is 18.5 Å².